The van der Waals surface area contributed by atoms with E-state index in [4.69, 9.17) is 11.5 Å². The van der Waals surface area contributed by atoms with Crippen LogP contribution in [0.4, 0.5) is 13.2 Å². The van der Waals surface area contributed by atoms with E-state index in [0.717, 1.165) is 31.7 Å². The van der Waals surface area contributed by atoms with Gasteiger partial charge in [-0.15, -0.1) is 0 Å². The first-order valence-corrected chi connectivity index (χ1v) is 8.73. The molecule has 0 saturated carbocycles. The molecule has 4 atom stereocenters. The van der Waals surface area contributed by atoms with Crippen molar-refractivity contribution in [1.29, 1.82) is 0 Å². The monoisotopic (exact) mass is 369 g/mol. The molecule has 5 nitrogen and oxygen atoms in total. The van der Waals surface area contributed by atoms with Crippen molar-refractivity contribution in [3.63, 3.8) is 0 Å². The summed E-state index contributed by atoms with van der Waals surface area (Å²) in [4.78, 5) is 24.6. The van der Waals surface area contributed by atoms with Crippen LogP contribution in [0.2, 0.25) is 0 Å². The van der Waals surface area contributed by atoms with E-state index < -0.39 is 35.2 Å². The van der Waals surface area contributed by atoms with Crippen LogP contribution in [0.15, 0.2) is 12.1 Å². The first-order chi connectivity index (χ1) is 12.3. The second-order valence-corrected chi connectivity index (χ2v) is 7.30. The Bertz CT molecular complexity index is 714. The smallest absolute Gasteiger partial charge is 0.286 e. The van der Waals surface area contributed by atoms with Crippen molar-refractivity contribution in [3.8, 4) is 0 Å². The Kier molecular flexibility index (Phi) is 5.34. The van der Waals surface area contributed by atoms with E-state index in [1.807, 2.05) is 4.90 Å². The van der Waals surface area contributed by atoms with Crippen molar-refractivity contribution in [2.45, 2.75) is 50.2 Å². The maximum Gasteiger partial charge on any atom is 0.286 e. The molecule has 3 rings (SSSR count). The van der Waals surface area contributed by atoms with Gasteiger partial charge in [-0.05, 0) is 49.7 Å². The molecule has 0 radical (unpaired) electrons. The van der Waals surface area contributed by atoms with Crippen molar-refractivity contribution in [1.82, 2.24) is 4.90 Å². The van der Waals surface area contributed by atoms with E-state index >= 15 is 0 Å². The number of nitrogens with zero attached hydrogens (tertiary/aromatic N) is 1. The molecule has 1 aromatic rings. The van der Waals surface area contributed by atoms with E-state index in [-0.39, 0.29) is 36.5 Å². The molecule has 0 spiro atoms. The topological polar surface area (TPSA) is 89.4 Å². The molecule has 26 heavy (non-hydrogen) atoms. The minimum absolute atomic E-state index is 0.0183. The minimum Gasteiger partial charge on any atom is -0.363 e. The van der Waals surface area contributed by atoms with Gasteiger partial charge in [-0.1, -0.05) is 0 Å². The molecule has 2 aliphatic heterocycles. The number of carbonyl (C=O) groups excluding carboxylic acids is 2. The maximum atomic E-state index is 13.9. The van der Waals surface area contributed by atoms with E-state index in [1.54, 1.807) is 0 Å². The van der Waals surface area contributed by atoms with Crippen LogP contribution in [-0.4, -0.2) is 41.3 Å². The number of Topliss-reactive ketones (excluding diaryl/α,β-unsaturated/α-hetero) is 1. The first kappa shape index (κ1) is 18.8. The summed E-state index contributed by atoms with van der Waals surface area (Å²) in [6.07, 6.45) is 3.36. The number of hydrogen-bond acceptors (Lipinski definition) is 4. The van der Waals surface area contributed by atoms with Gasteiger partial charge in [-0.2, -0.15) is 0 Å². The summed E-state index contributed by atoms with van der Waals surface area (Å²) in [5.74, 6) is -4.56. The average molecular weight is 369 g/mol. The Morgan fingerprint density at radius 1 is 1.08 bits per heavy atom. The third kappa shape index (κ3) is 3.76. The zero-order chi connectivity index (χ0) is 19.0. The summed E-state index contributed by atoms with van der Waals surface area (Å²) in [6.45, 7) is 0.0183. The molecule has 0 aliphatic carbocycles. The van der Waals surface area contributed by atoms with E-state index in [9.17, 15) is 22.8 Å². The number of carbonyl (C=O) groups is 2. The van der Waals surface area contributed by atoms with Crippen LogP contribution < -0.4 is 11.5 Å². The van der Waals surface area contributed by atoms with Gasteiger partial charge in [0.15, 0.2) is 11.6 Å². The molecule has 142 valence electrons. The van der Waals surface area contributed by atoms with Crippen molar-refractivity contribution >= 4 is 11.7 Å². The molecule has 4 N–H and O–H groups in total. The lowest BCUT2D eigenvalue weighted by Gasteiger charge is -2.40. The molecule has 1 amide bonds. The van der Waals surface area contributed by atoms with Gasteiger partial charge in [-0.3, -0.25) is 14.5 Å². The number of benzene rings is 1. The summed E-state index contributed by atoms with van der Waals surface area (Å²) in [5.41, 5.74) is 11.3. The first-order valence-electron chi connectivity index (χ1n) is 8.73. The number of fused-ring (bicyclic) bond motifs is 2. The number of halogens is 3. The van der Waals surface area contributed by atoms with Gasteiger partial charge >= 0.3 is 0 Å². The predicted octanol–water partition coefficient (Wildman–Crippen LogP) is 1.27. The highest BCUT2D eigenvalue weighted by atomic mass is 19.2. The molecule has 2 saturated heterocycles. The lowest BCUT2D eigenvalue weighted by molar-refractivity contribution is -0.137. The number of piperidine rings is 1. The third-order valence-corrected chi connectivity index (χ3v) is 5.67. The number of nitrogens with two attached hydrogens (primary N) is 2. The van der Waals surface area contributed by atoms with Gasteiger partial charge in [0.05, 0.1) is 6.54 Å². The van der Waals surface area contributed by atoms with E-state index in [1.165, 1.54) is 0 Å². The summed E-state index contributed by atoms with van der Waals surface area (Å²) in [6, 6.07) is 1.26. The molecular formula is C18H22F3N3O2. The SMILES string of the molecule is NC(=O)C(=O)CN1C2CC[C@@H]1CC([C@H](N)Cc1cc(F)c(F)cc1F)C2. The number of rotatable bonds is 6. The highest BCUT2D eigenvalue weighted by Crippen LogP contribution is 2.40. The molecule has 2 bridgehead atoms. The zero-order valence-corrected chi connectivity index (χ0v) is 14.3. The lowest BCUT2D eigenvalue weighted by Crippen LogP contribution is -2.50. The van der Waals surface area contributed by atoms with E-state index in [0.29, 0.717) is 6.07 Å². The maximum absolute atomic E-state index is 13.9. The molecule has 2 heterocycles. The van der Waals surface area contributed by atoms with E-state index in [2.05, 4.69) is 0 Å². The van der Waals surface area contributed by atoms with Crippen LogP contribution in [0, 0.1) is 23.4 Å². The Labute approximate surface area is 149 Å². The molecular weight excluding hydrogens is 347 g/mol. The highest BCUT2D eigenvalue weighted by molar-refractivity contribution is 6.36. The Hall–Kier alpha value is -1.93. The van der Waals surface area contributed by atoms with Gasteiger partial charge < -0.3 is 11.5 Å². The fourth-order valence-corrected chi connectivity index (χ4v) is 4.31. The summed E-state index contributed by atoms with van der Waals surface area (Å²) in [5, 5.41) is 0. The van der Waals surface area contributed by atoms with Crippen molar-refractivity contribution in [3.05, 3.63) is 35.1 Å². The van der Waals surface area contributed by atoms with Crippen LogP contribution in [0.3, 0.4) is 0 Å². The fraction of sp³-hybridized carbons (Fsp3) is 0.556. The zero-order valence-electron chi connectivity index (χ0n) is 14.3. The van der Waals surface area contributed by atoms with Crippen molar-refractivity contribution in [2.24, 2.45) is 17.4 Å². The average Bonchev–Trinajstić information content (AvgIpc) is 2.80. The van der Waals surface area contributed by atoms with Crippen LogP contribution >= 0.6 is 0 Å². The number of hydrogen-bond donors (Lipinski definition) is 2. The van der Waals surface area contributed by atoms with Crippen LogP contribution in [-0.2, 0) is 16.0 Å². The number of ketones is 1. The highest BCUT2D eigenvalue weighted by Gasteiger charge is 2.43. The molecule has 2 aliphatic rings. The quantitative estimate of drug-likeness (QED) is 0.584. The molecule has 1 aromatic carbocycles. The predicted molar refractivity (Wildman–Crippen MR) is 88.4 cm³/mol. The molecule has 0 aromatic heterocycles. The second kappa shape index (κ2) is 7.36. The Morgan fingerprint density at radius 3 is 2.23 bits per heavy atom. The Balaban J connectivity index is 1.65. The standard InChI is InChI=1S/C18H22F3N3O2/c19-13-7-15(21)14(20)5-9(13)6-16(22)10-3-11-1-2-12(4-10)24(11)8-17(25)18(23)26/h5,7,10-12,16H,1-4,6,8,22H2,(H2,23,26)/t10?,11-,12?,16-/m1/s1. The van der Waals surface area contributed by atoms with Crippen LogP contribution in [0.25, 0.3) is 0 Å². The third-order valence-electron chi connectivity index (χ3n) is 5.67. The van der Waals surface area contributed by atoms with Crippen molar-refractivity contribution < 1.29 is 22.8 Å². The molecule has 2 unspecified atom stereocenters. The van der Waals surface area contributed by atoms with Gasteiger partial charge in [0.2, 0.25) is 5.78 Å². The van der Waals surface area contributed by atoms with Crippen LogP contribution in [0.1, 0.15) is 31.2 Å². The minimum atomic E-state index is -1.22. The second-order valence-electron chi connectivity index (χ2n) is 7.30. The van der Waals surface area contributed by atoms with Gasteiger partial charge in [-0.25, -0.2) is 13.2 Å². The molecule has 2 fully saturated rings. The normalized spacial score (nSPS) is 26.7. The fourth-order valence-electron chi connectivity index (χ4n) is 4.31. The number of amides is 1. The summed E-state index contributed by atoms with van der Waals surface area (Å²) >= 11 is 0. The van der Waals surface area contributed by atoms with Crippen molar-refractivity contribution in [2.75, 3.05) is 6.54 Å². The van der Waals surface area contributed by atoms with Gasteiger partial charge in [0, 0.05) is 24.2 Å². The summed E-state index contributed by atoms with van der Waals surface area (Å²) < 4.78 is 40.3. The lowest BCUT2D eigenvalue weighted by atomic mass is 9.82. The van der Waals surface area contributed by atoms with Gasteiger partial charge in [0.1, 0.15) is 5.82 Å². The van der Waals surface area contributed by atoms with Crippen LogP contribution in [0.5, 0.6) is 0 Å². The largest absolute Gasteiger partial charge is 0.363 e. The summed E-state index contributed by atoms with van der Waals surface area (Å²) in [7, 11) is 0. The molecule has 8 heteroatoms. The van der Waals surface area contributed by atoms with Gasteiger partial charge in [0.25, 0.3) is 5.91 Å². The Morgan fingerprint density at radius 2 is 1.65 bits per heavy atom. The number of primary amides is 1.